The van der Waals surface area contributed by atoms with E-state index in [1.165, 1.54) is 0 Å². The van der Waals surface area contributed by atoms with Crippen LogP contribution in [-0.4, -0.2) is 5.78 Å². The smallest absolute Gasteiger partial charge is 0.344 e. The Bertz CT molecular complexity index is 1190. The van der Waals surface area contributed by atoms with Gasteiger partial charge in [-0.3, -0.25) is 4.79 Å². The Balaban J connectivity index is 1.93. The van der Waals surface area contributed by atoms with Gasteiger partial charge in [0, 0.05) is 16.5 Å². The number of para-hydroxylation sites is 1. The molecule has 0 atom stereocenters. The van der Waals surface area contributed by atoms with Crippen LogP contribution >= 0.6 is 0 Å². The summed E-state index contributed by atoms with van der Waals surface area (Å²) < 4.78 is 5.45. The Morgan fingerprint density at radius 2 is 1.41 bits per heavy atom. The fourth-order valence-electron chi connectivity index (χ4n) is 2.98. The fourth-order valence-corrected chi connectivity index (χ4v) is 2.98. The number of fused-ring (bicyclic) bond motifs is 1. The van der Waals surface area contributed by atoms with Crippen molar-refractivity contribution in [2.75, 3.05) is 0 Å². The van der Waals surface area contributed by atoms with E-state index in [4.69, 9.17) is 4.42 Å². The van der Waals surface area contributed by atoms with Gasteiger partial charge in [-0.05, 0) is 23.8 Å². The van der Waals surface area contributed by atoms with Gasteiger partial charge in [0.1, 0.15) is 5.58 Å². The van der Waals surface area contributed by atoms with Gasteiger partial charge in [0.05, 0.1) is 5.56 Å². The maximum Gasteiger partial charge on any atom is 0.344 e. The van der Waals surface area contributed by atoms with Gasteiger partial charge in [0.15, 0.2) is 5.78 Å². The Hall–Kier alpha value is -3.72. The third-order valence-corrected chi connectivity index (χ3v) is 4.32. The largest absolute Gasteiger partial charge is 0.422 e. The maximum absolute atomic E-state index is 13.2. The van der Waals surface area contributed by atoms with Crippen molar-refractivity contribution in [1.29, 1.82) is 0 Å². The summed E-state index contributed by atoms with van der Waals surface area (Å²) in [6.45, 7) is 0. The van der Waals surface area contributed by atoms with E-state index >= 15 is 0 Å². The Kier molecular flexibility index (Phi) is 4.50. The predicted octanol–water partition coefficient (Wildman–Crippen LogP) is 5.22. The molecule has 0 aliphatic heterocycles. The highest BCUT2D eigenvalue weighted by Crippen LogP contribution is 2.24. The van der Waals surface area contributed by atoms with Crippen molar-refractivity contribution in [3.05, 3.63) is 118 Å². The number of benzene rings is 3. The normalized spacial score (nSPS) is 11.5. The molecule has 0 fully saturated rings. The topological polar surface area (TPSA) is 47.3 Å². The minimum absolute atomic E-state index is 0.220. The van der Waals surface area contributed by atoms with Crippen molar-refractivity contribution in [3.8, 4) is 0 Å². The van der Waals surface area contributed by atoms with Crippen molar-refractivity contribution >= 4 is 28.4 Å². The quantitative estimate of drug-likeness (QED) is 0.287. The van der Waals surface area contributed by atoms with Crippen LogP contribution in [0.5, 0.6) is 0 Å². The highest BCUT2D eigenvalue weighted by atomic mass is 16.4. The molecule has 3 nitrogen and oxygen atoms in total. The summed E-state index contributed by atoms with van der Waals surface area (Å²) in [5.41, 5.74) is 1.90. The van der Waals surface area contributed by atoms with Crippen molar-refractivity contribution in [1.82, 2.24) is 0 Å². The minimum atomic E-state index is -0.528. The van der Waals surface area contributed by atoms with Crippen LogP contribution < -0.4 is 5.63 Å². The number of rotatable bonds is 4. The fraction of sp³-hybridized carbons (Fsp3) is 0. The Morgan fingerprint density at radius 3 is 2.15 bits per heavy atom. The zero-order valence-corrected chi connectivity index (χ0v) is 14.5. The zero-order chi connectivity index (χ0) is 18.6. The second-order valence-corrected chi connectivity index (χ2v) is 6.15. The first kappa shape index (κ1) is 16.7. The summed E-state index contributed by atoms with van der Waals surface area (Å²) in [6.07, 6.45) is 1.73. The number of ketones is 1. The molecule has 1 aromatic heterocycles. The molecule has 27 heavy (non-hydrogen) atoms. The summed E-state index contributed by atoms with van der Waals surface area (Å²) in [5.74, 6) is -0.220. The van der Waals surface area contributed by atoms with Gasteiger partial charge in [-0.1, -0.05) is 78.9 Å². The van der Waals surface area contributed by atoms with Crippen molar-refractivity contribution in [2.24, 2.45) is 0 Å². The molecule has 0 amide bonds. The average Bonchev–Trinajstić information content (AvgIpc) is 2.72. The van der Waals surface area contributed by atoms with E-state index in [1.807, 2.05) is 48.5 Å². The molecule has 4 rings (SSSR count). The van der Waals surface area contributed by atoms with Gasteiger partial charge in [-0.25, -0.2) is 4.79 Å². The number of carbonyl (C=O) groups excluding carboxylic acids is 1. The lowest BCUT2D eigenvalue weighted by Gasteiger charge is -2.08. The van der Waals surface area contributed by atoms with Gasteiger partial charge in [0.2, 0.25) is 0 Å². The van der Waals surface area contributed by atoms with Crippen molar-refractivity contribution < 1.29 is 9.21 Å². The Labute approximate surface area is 156 Å². The number of Topliss-reactive ketones (excluding diaryl/α,β-unsaturated/α-hetero) is 1. The molecule has 0 radical (unpaired) electrons. The molecular formula is C24H16O3. The molecule has 0 aliphatic rings. The highest BCUT2D eigenvalue weighted by molar-refractivity contribution is 6.32. The van der Waals surface area contributed by atoms with Gasteiger partial charge in [0.25, 0.3) is 0 Å². The van der Waals surface area contributed by atoms with Crippen LogP contribution in [0.25, 0.3) is 22.6 Å². The monoisotopic (exact) mass is 352 g/mol. The number of carbonyl (C=O) groups is 1. The standard InChI is InChI=1S/C24H16O3/c25-23(18-11-5-2-6-12-18)20(15-17-9-3-1-4-10-17)21-16-19-13-7-8-14-22(19)27-24(21)26/h1-16H. The van der Waals surface area contributed by atoms with Gasteiger partial charge >= 0.3 is 5.63 Å². The Morgan fingerprint density at radius 1 is 0.778 bits per heavy atom. The highest BCUT2D eigenvalue weighted by Gasteiger charge is 2.19. The molecule has 0 unspecified atom stereocenters. The molecule has 0 N–H and O–H groups in total. The first-order valence-electron chi connectivity index (χ1n) is 8.62. The van der Waals surface area contributed by atoms with Gasteiger partial charge in [-0.2, -0.15) is 0 Å². The number of allylic oxidation sites excluding steroid dienone is 1. The van der Waals surface area contributed by atoms with E-state index < -0.39 is 5.63 Å². The molecule has 0 aliphatic carbocycles. The third kappa shape index (κ3) is 3.48. The molecule has 3 aromatic carbocycles. The number of hydrogen-bond donors (Lipinski definition) is 0. The molecule has 3 heteroatoms. The molecule has 0 spiro atoms. The summed E-state index contributed by atoms with van der Waals surface area (Å²) in [5, 5.41) is 0.770. The lowest BCUT2D eigenvalue weighted by atomic mass is 9.95. The number of hydrogen-bond acceptors (Lipinski definition) is 3. The second kappa shape index (κ2) is 7.26. The minimum Gasteiger partial charge on any atom is -0.422 e. The van der Waals surface area contributed by atoms with E-state index in [0.29, 0.717) is 16.7 Å². The molecule has 0 saturated heterocycles. The first-order valence-corrected chi connectivity index (χ1v) is 8.62. The van der Waals surface area contributed by atoms with Crippen molar-refractivity contribution in [3.63, 3.8) is 0 Å². The molecule has 4 aromatic rings. The van der Waals surface area contributed by atoms with Crippen LogP contribution in [0.1, 0.15) is 21.5 Å². The summed E-state index contributed by atoms with van der Waals surface area (Å²) in [6, 6.07) is 27.4. The van der Waals surface area contributed by atoms with Crippen LogP contribution in [0.2, 0.25) is 0 Å². The van der Waals surface area contributed by atoms with E-state index in [1.54, 1.807) is 48.5 Å². The van der Waals surface area contributed by atoms with E-state index in [2.05, 4.69) is 0 Å². The SMILES string of the molecule is O=C(C(=Cc1ccccc1)c1cc2ccccc2oc1=O)c1ccccc1. The molecule has 1 heterocycles. The summed E-state index contributed by atoms with van der Waals surface area (Å²) in [7, 11) is 0. The van der Waals surface area contributed by atoms with E-state index in [9.17, 15) is 9.59 Å². The van der Waals surface area contributed by atoms with Crippen LogP contribution in [0.3, 0.4) is 0 Å². The molecule has 130 valence electrons. The average molecular weight is 352 g/mol. The molecule has 0 saturated carbocycles. The zero-order valence-electron chi connectivity index (χ0n) is 14.5. The van der Waals surface area contributed by atoms with E-state index in [-0.39, 0.29) is 11.3 Å². The molecule has 0 bridgehead atoms. The van der Waals surface area contributed by atoms with Gasteiger partial charge < -0.3 is 4.42 Å². The van der Waals surface area contributed by atoms with Crippen LogP contribution in [-0.2, 0) is 0 Å². The first-order chi connectivity index (χ1) is 13.2. The molecular weight excluding hydrogens is 336 g/mol. The second-order valence-electron chi connectivity index (χ2n) is 6.15. The lowest BCUT2D eigenvalue weighted by Crippen LogP contribution is -2.12. The van der Waals surface area contributed by atoms with Gasteiger partial charge in [-0.15, -0.1) is 0 Å². The van der Waals surface area contributed by atoms with Crippen LogP contribution in [0.4, 0.5) is 0 Å². The lowest BCUT2D eigenvalue weighted by molar-refractivity contribution is 0.105. The van der Waals surface area contributed by atoms with Crippen LogP contribution in [0, 0.1) is 0 Å². The summed E-state index contributed by atoms with van der Waals surface area (Å²) >= 11 is 0. The summed E-state index contributed by atoms with van der Waals surface area (Å²) in [4.78, 5) is 25.8. The third-order valence-electron chi connectivity index (χ3n) is 4.32. The maximum atomic E-state index is 13.2. The van der Waals surface area contributed by atoms with Crippen LogP contribution in [0.15, 0.2) is 100 Å². The van der Waals surface area contributed by atoms with E-state index in [0.717, 1.165) is 10.9 Å². The van der Waals surface area contributed by atoms with Crippen molar-refractivity contribution in [2.45, 2.75) is 0 Å². The predicted molar refractivity (Wildman–Crippen MR) is 108 cm³/mol.